The molecule has 0 aliphatic carbocycles. The van der Waals surface area contributed by atoms with E-state index < -0.39 is 36.1 Å². The molecule has 3 heterocycles. The van der Waals surface area contributed by atoms with Crippen LogP contribution in [0.1, 0.15) is 67.0 Å². The van der Waals surface area contributed by atoms with E-state index >= 15 is 0 Å². The van der Waals surface area contributed by atoms with Crippen molar-refractivity contribution in [1.82, 2.24) is 14.8 Å². The number of pyridine rings is 1. The van der Waals surface area contributed by atoms with E-state index in [2.05, 4.69) is 9.72 Å². The third-order valence-electron chi connectivity index (χ3n) is 6.15. The van der Waals surface area contributed by atoms with Crippen molar-refractivity contribution in [3.05, 3.63) is 22.8 Å². The van der Waals surface area contributed by atoms with Crippen molar-refractivity contribution in [3.8, 4) is 0 Å². The van der Waals surface area contributed by atoms with Gasteiger partial charge in [0.2, 0.25) is 5.91 Å². The molecule has 2 amide bonds. The molecule has 9 nitrogen and oxygen atoms in total. The zero-order chi connectivity index (χ0) is 26.8. The van der Waals surface area contributed by atoms with Crippen LogP contribution in [0.25, 0.3) is 0 Å². The highest BCUT2D eigenvalue weighted by molar-refractivity contribution is 6.61. The molecule has 1 unspecified atom stereocenters. The van der Waals surface area contributed by atoms with Gasteiger partial charge in [-0.15, -0.1) is 0 Å². The van der Waals surface area contributed by atoms with Gasteiger partial charge in [0, 0.05) is 40.8 Å². The number of rotatable bonds is 2. The number of piperazine rings is 1. The molecule has 1 aromatic heterocycles. The highest BCUT2D eigenvalue weighted by Crippen LogP contribution is 2.37. The molecule has 1 aromatic rings. The molecule has 2 fully saturated rings. The Morgan fingerprint density at radius 1 is 1.11 bits per heavy atom. The first kappa shape index (κ1) is 29.4. The fourth-order valence-electron chi connectivity index (χ4n) is 3.75. The molecule has 2 saturated heterocycles. The van der Waals surface area contributed by atoms with Crippen molar-refractivity contribution in [2.45, 2.75) is 78.2 Å². The maximum absolute atomic E-state index is 12.7. The predicted molar refractivity (Wildman–Crippen MR) is 136 cm³/mol. The monoisotopic (exact) mass is 511 g/mol. The van der Waals surface area contributed by atoms with E-state index in [0.717, 1.165) is 5.56 Å². The second-order valence-corrected chi connectivity index (χ2v) is 11.2. The summed E-state index contributed by atoms with van der Waals surface area (Å²) in [7, 11) is 2.56. The first-order valence-electron chi connectivity index (χ1n) is 11.7. The lowest BCUT2D eigenvalue weighted by Crippen LogP contribution is -2.53. The van der Waals surface area contributed by atoms with Crippen molar-refractivity contribution in [1.29, 1.82) is 0 Å². The Bertz CT molecular complexity index is 905. The van der Waals surface area contributed by atoms with Gasteiger partial charge >= 0.3 is 13.2 Å². The van der Waals surface area contributed by atoms with Crippen LogP contribution in [0.15, 0.2) is 12.1 Å². The van der Waals surface area contributed by atoms with Gasteiger partial charge in [0.15, 0.2) is 0 Å². The van der Waals surface area contributed by atoms with Crippen molar-refractivity contribution < 1.29 is 28.4 Å². The fourth-order valence-corrected chi connectivity index (χ4v) is 3.98. The maximum Gasteiger partial charge on any atom is 0.514 e. The number of carbonyl (C=O) groups excluding carboxylic acids is 2. The largest absolute Gasteiger partial charge is 0.514 e. The summed E-state index contributed by atoms with van der Waals surface area (Å²) in [5, 5.41) is 0.269. The average Bonchev–Trinajstić information content (AvgIpc) is 2.93. The third-order valence-corrected chi connectivity index (χ3v) is 6.35. The molecule has 0 spiro atoms. The van der Waals surface area contributed by atoms with E-state index in [-0.39, 0.29) is 17.6 Å². The molecule has 11 heteroatoms. The van der Waals surface area contributed by atoms with E-state index in [1.807, 2.05) is 54.5 Å². The minimum atomic E-state index is -0.686. The second-order valence-electron chi connectivity index (χ2n) is 10.8. The summed E-state index contributed by atoms with van der Waals surface area (Å²) in [6.07, 6.45) is -0.406. The van der Waals surface area contributed by atoms with Gasteiger partial charge in [-0.3, -0.25) is 4.79 Å². The van der Waals surface area contributed by atoms with Crippen LogP contribution in [0.4, 0.5) is 4.79 Å². The molecule has 0 saturated carbocycles. The first-order chi connectivity index (χ1) is 16.0. The van der Waals surface area contributed by atoms with E-state index in [1.165, 1.54) is 6.92 Å². The summed E-state index contributed by atoms with van der Waals surface area (Å²) in [6.45, 7) is 16.0. The van der Waals surface area contributed by atoms with Crippen molar-refractivity contribution >= 4 is 36.3 Å². The molecule has 2 aliphatic heterocycles. The lowest BCUT2D eigenvalue weighted by molar-refractivity contribution is -0.134. The number of carbonyl (C=O) groups is 2. The Morgan fingerprint density at radius 2 is 1.66 bits per heavy atom. The molecule has 3 rings (SSSR count). The number of ether oxygens (including phenoxy) is 2. The van der Waals surface area contributed by atoms with Crippen LogP contribution in [-0.2, 0) is 23.6 Å². The van der Waals surface area contributed by atoms with Gasteiger partial charge in [0.05, 0.1) is 22.8 Å². The summed E-state index contributed by atoms with van der Waals surface area (Å²) in [5.41, 5.74) is -0.354. The zero-order valence-electron chi connectivity index (χ0n) is 22.6. The topological polar surface area (TPSA) is 90.4 Å². The quantitative estimate of drug-likeness (QED) is 0.444. The number of hydrogen-bond acceptors (Lipinski definition) is 7. The molecule has 35 heavy (non-hydrogen) atoms. The molecule has 0 N–H and O–H groups in total. The van der Waals surface area contributed by atoms with Crippen LogP contribution in [0.5, 0.6) is 0 Å². The Hall–Kier alpha value is -1.88. The average molecular weight is 512 g/mol. The minimum Gasteiger partial charge on any atom is -0.444 e. The summed E-state index contributed by atoms with van der Waals surface area (Å²) in [5.74, 6) is -0.0797. The van der Waals surface area contributed by atoms with E-state index in [4.69, 9.17) is 25.6 Å². The molecule has 0 aromatic carbocycles. The Kier molecular flexibility index (Phi) is 9.25. The third kappa shape index (κ3) is 7.32. The molecule has 0 radical (unpaired) electrons. The van der Waals surface area contributed by atoms with Crippen molar-refractivity contribution in [3.63, 3.8) is 0 Å². The predicted octanol–water partition coefficient (Wildman–Crippen LogP) is 3.44. The van der Waals surface area contributed by atoms with Crippen LogP contribution < -0.4 is 5.59 Å². The van der Waals surface area contributed by atoms with E-state index in [0.29, 0.717) is 18.7 Å². The Morgan fingerprint density at radius 3 is 2.14 bits per heavy atom. The molecule has 1 atom stereocenters. The normalized spacial score (nSPS) is 21.3. The van der Waals surface area contributed by atoms with E-state index in [1.54, 1.807) is 30.1 Å². The van der Waals surface area contributed by atoms with Crippen molar-refractivity contribution in [2.75, 3.05) is 33.9 Å². The highest BCUT2D eigenvalue weighted by atomic mass is 35.5. The number of aromatic nitrogens is 1. The standard InChI is InChI=1S/C22H33BClN3O5.C2H6O/c1-14(28)27-10-9-26(19(29)30-20(2,3)4)13-16(27)15-11-17(25-18(24)12-15)23-31-21(5,6)22(7,8)32-23;1-3-2/h11-12,16H,9-10,13H2,1-8H3;1-2H3. The summed E-state index contributed by atoms with van der Waals surface area (Å²) >= 11 is 6.37. The number of halogens is 1. The SMILES string of the molecule is CC(=O)N1CCN(C(=O)OC(C)(C)C)CC1c1cc(Cl)nc(B2OC(C)(C)C(C)(C)O2)c1.COC. The Labute approximate surface area is 214 Å². The zero-order valence-corrected chi connectivity index (χ0v) is 23.4. The fraction of sp³-hybridized carbons (Fsp3) is 0.708. The van der Waals surface area contributed by atoms with Gasteiger partial charge in [-0.1, -0.05) is 11.6 Å². The van der Waals surface area contributed by atoms with Gasteiger partial charge in [0.1, 0.15) is 10.8 Å². The Balaban J connectivity index is 0.00000137. The van der Waals surface area contributed by atoms with Gasteiger partial charge in [-0.25, -0.2) is 9.78 Å². The van der Waals surface area contributed by atoms with E-state index in [9.17, 15) is 9.59 Å². The minimum absolute atomic E-state index is 0.0797. The number of methoxy groups -OCH3 is 1. The lowest BCUT2D eigenvalue weighted by Gasteiger charge is -2.41. The highest BCUT2D eigenvalue weighted by Gasteiger charge is 2.52. The second kappa shape index (κ2) is 11.0. The van der Waals surface area contributed by atoms with Crippen LogP contribution >= 0.6 is 11.6 Å². The maximum atomic E-state index is 12.7. The summed E-state index contributed by atoms with van der Waals surface area (Å²) in [4.78, 5) is 32.8. The molecule has 0 bridgehead atoms. The lowest BCUT2D eigenvalue weighted by atomic mass is 9.82. The van der Waals surface area contributed by atoms with Crippen molar-refractivity contribution in [2.24, 2.45) is 0 Å². The van der Waals surface area contributed by atoms with Crippen LogP contribution in [-0.4, -0.2) is 84.6 Å². The summed E-state index contributed by atoms with van der Waals surface area (Å²) < 4.78 is 22.0. The molecular weight excluding hydrogens is 473 g/mol. The number of amides is 2. The first-order valence-corrected chi connectivity index (χ1v) is 12.1. The summed E-state index contributed by atoms with van der Waals surface area (Å²) in [6, 6.07) is 3.17. The molecular formula is C24H39BClN3O6. The number of hydrogen-bond donors (Lipinski definition) is 0. The van der Waals surface area contributed by atoms with Gasteiger partial charge in [0.25, 0.3) is 0 Å². The van der Waals surface area contributed by atoms with Crippen LogP contribution in [0.2, 0.25) is 5.15 Å². The smallest absolute Gasteiger partial charge is 0.444 e. The molecule has 2 aliphatic rings. The molecule has 196 valence electrons. The van der Waals surface area contributed by atoms with Crippen LogP contribution in [0.3, 0.4) is 0 Å². The van der Waals surface area contributed by atoms with Gasteiger partial charge in [-0.05, 0) is 66.2 Å². The van der Waals surface area contributed by atoms with Crippen LogP contribution in [0, 0.1) is 0 Å². The number of nitrogens with zero attached hydrogens (tertiary/aromatic N) is 3. The van der Waals surface area contributed by atoms with Gasteiger partial charge < -0.3 is 28.6 Å². The van der Waals surface area contributed by atoms with Gasteiger partial charge in [-0.2, -0.15) is 0 Å².